The zero-order chi connectivity index (χ0) is 14.1. The normalized spacial score (nSPS) is 13.3. The Bertz CT molecular complexity index is 315. The lowest BCUT2D eigenvalue weighted by Crippen LogP contribution is -2.47. The van der Waals surface area contributed by atoms with Gasteiger partial charge in [0.1, 0.15) is 6.04 Å². The van der Waals surface area contributed by atoms with E-state index in [4.69, 9.17) is 17.2 Å². The molecule has 18 heavy (non-hydrogen) atoms. The smallest absolute Gasteiger partial charge is 0.328 e. The summed E-state index contributed by atoms with van der Waals surface area (Å²) >= 11 is 0. The summed E-state index contributed by atoms with van der Waals surface area (Å²) in [5.74, 6) is -0.916. The second-order valence-corrected chi connectivity index (χ2v) is 3.81. The van der Waals surface area contributed by atoms with E-state index in [0.717, 1.165) is 0 Å². The standard InChI is InChI=1S/C10H21N5O3/c1-6(9(17)18-2)15-8(16)7(11)4-3-5-14-10(12)13/h6-7H,3-5,11H2,1-2H3,(H,15,16)(H4,12,13,14)/t6-,7+/m0/s1. The Labute approximate surface area is 106 Å². The highest BCUT2D eigenvalue weighted by atomic mass is 16.5. The van der Waals surface area contributed by atoms with E-state index in [9.17, 15) is 9.59 Å². The van der Waals surface area contributed by atoms with Crippen molar-refractivity contribution >= 4 is 17.8 Å². The number of nitrogens with one attached hydrogen (secondary N) is 1. The Balaban J connectivity index is 3.96. The third kappa shape index (κ3) is 6.69. The average Bonchev–Trinajstić information content (AvgIpc) is 2.32. The molecule has 0 aliphatic rings. The van der Waals surface area contributed by atoms with E-state index in [-0.39, 0.29) is 5.96 Å². The molecule has 8 nitrogen and oxygen atoms in total. The number of amides is 1. The number of aliphatic imine (C=N–C) groups is 1. The molecule has 0 aliphatic carbocycles. The van der Waals surface area contributed by atoms with Crippen molar-refractivity contribution in [2.75, 3.05) is 13.7 Å². The SMILES string of the molecule is COC(=O)[C@H](C)NC(=O)[C@H](N)CCCN=C(N)N. The van der Waals surface area contributed by atoms with Crippen LogP contribution in [0.4, 0.5) is 0 Å². The van der Waals surface area contributed by atoms with Gasteiger partial charge in [0.05, 0.1) is 13.2 Å². The fourth-order valence-corrected chi connectivity index (χ4v) is 1.21. The van der Waals surface area contributed by atoms with Gasteiger partial charge in [-0.2, -0.15) is 0 Å². The minimum Gasteiger partial charge on any atom is -0.467 e. The molecule has 0 aromatic rings. The van der Waals surface area contributed by atoms with Crippen LogP contribution in [0.25, 0.3) is 0 Å². The molecule has 2 atom stereocenters. The molecule has 0 heterocycles. The van der Waals surface area contributed by atoms with Gasteiger partial charge < -0.3 is 27.3 Å². The Hall–Kier alpha value is -1.83. The second kappa shape index (κ2) is 8.29. The van der Waals surface area contributed by atoms with Crippen molar-refractivity contribution in [1.29, 1.82) is 0 Å². The largest absolute Gasteiger partial charge is 0.467 e. The Morgan fingerprint density at radius 3 is 2.50 bits per heavy atom. The predicted molar refractivity (Wildman–Crippen MR) is 67.5 cm³/mol. The van der Waals surface area contributed by atoms with Crippen molar-refractivity contribution in [3.63, 3.8) is 0 Å². The lowest BCUT2D eigenvalue weighted by Gasteiger charge is -2.15. The summed E-state index contributed by atoms with van der Waals surface area (Å²) in [5.41, 5.74) is 15.9. The molecule has 0 bridgehead atoms. The number of hydrogen-bond donors (Lipinski definition) is 4. The van der Waals surface area contributed by atoms with Gasteiger partial charge in [-0.25, -0.2) is 4.79 Å². The van der Waals surface area contributed by atoms with Crippen LogP contribution in [-0.4, -0.2) is 43.6 Å². The summed E-state index contributed by atoms with van der Waals surface area (Å²) < 4.78 is 4.48. The molecule has 0 saturated carbocycles. The Morgan fingerprint density at radius 1 is 1.39 bits per heavy atom. The van der Waals surface area contributed by atoms with Crippen molar-refractivity contribution in [2.24, 2.45) is 22.2 Å². The van der Waals surface area contributed by atoms with Gasteiger partial charge in [0.25, 0.3) is 0 Å². The molecule has 7 N–H and O–H groups in total. The van der Waals surface area contributed by atoms with Crippen LogP contribution < -0.4 is 22.5 Å². The van der Waals surface area contributed by atoms with E-state index in [0.29, 0.717) is 19.4 Å². The van der Waals surface area contributed by atoms with Gasteiger partial charge in [-0.15, -0.1) is 0 Å². The minimum absolute atomic E-state index is 0.00679. The van der Waals surface area contributed by atoms with E-state index in [1.807, 2.05) is 0 Å². The average molecular weight is 259 g/mol. The van der Waals surface area contributed by atoms with E-state index in [1.165, 1.54) is 14.0 Å². The number of methoxy groups -OCH3 is 1. The minimum atomic E-state index is -0.716. The fraction of sp³-hybridized carbons (Fsp3) is 0.700. The molecule has 0 rings (SSSR count). The summed E-state index contributed by atoms with van der Waals surface area (Å²) in [5, 5.41) is 2.46. The van der Waals surface area contributed by atoms with Crippen LogP contribution in [0.3, 0.4) is 0 Å². The summed E-state index contributed by atoms with van der Waals surface area (Å²) in [4.78, 5) is 26.4. The van der Waals surface area contributed by atoms with Crippen molar-refractivity contribution in [3.05, 3.63) is 0 Å². The molecule has 0 aliphatic heterocycles. The Morgan fingerprint density at radius 2 is 2.00 bits per heavy atom. The van der Waals surface area contributed by atoms with Crippen LogP contribution >= 0.6 is 0 Å². The molecule has 0 aromatic carbocycles. The number of esters is 1. The number of nitrogens with two attached hydrogens (primary N) is 3. The van der Waals surface area contributed by atoms with Crippen molar-refractivity contribution in [1.82, 2.24) is 5.32 Å². The molecule has 104 valence electrons. The van der Waals surface area contributed by atoms with Gasteiger partial charge in [0.15, 0.2) is 5.96 Å². The number of hydrogen-bond acceptors (Lipinski definition) is 5. The second-order valence-electron chi connectivity index (χ2n) is 3.81. The van der Waals surface area contributed by atoms with Crippen molar-refractivity contribution in [2.45, 2.75) is 31.8 Å². The van der Waals surface area contributed by atoms with Crippen LogP contribution in [0.15, 0.2) is 4.99 Å². The van der Waals surface area contributed by atoms with Gasteiger partial charge in [-0.05, 0) is 19.8 Å². The number of nitrogens with zero attached hydrogens (tertiary/aromatic N) is 1. The van der Waals surface area contributed by atoms with Crippen LogP contribution in [0.2, 0.25) is 0 Å². The molecule has 8 heteroatoms. The molecule has 0 saturated heterocycles. The summed E-state index contributed by atoms with van der Waals surface area (Å²) in [6.45, 7) is 1.94. The summed E-state index contributed by atoms with van der Waals surface area (Å²) in [6.07, 6.45) is 1.01. The number of guanidine groups is 1. The van der Waals surface area contributed by atoms with Gasteiger partial charge in [-0.1, -0.05) is 0 Å². The molecular weight excluding hydrogens is 238 g/mol. The first-order valence-electron chi connectivity index (χ1n) is 5.57. The van der Waals surface area contributed by atoms with Gasteiger partial charge in [0.2, 0.25) is 5.91 Å². The van der Waals surface area contributed by atoms with Crippen LogP contribution in [0.5, 0.6) is 0 Å². The Kier molecular flexibility index (Phi) is 7.45. The van der Waals surface area contributed by atoms with Crippen molar-refractivity contribution in [3.8, 4) is 0 Å². The van der Waals surface area contributed by atoms with E-state index in [1.54, 1.807) is 0 Å². The zero-order valence-electron chi connectivity index (χ0n) is 10.7. The number of carbonyl (C=O) groups is 2. The summed E-state index contributed by atoms with van der Waals surface area (Å²) in [7, 11) is 1.25. The van der Waals surface area contributed by atoms with Crippen LogP contribution in [0, 0.1) is 0 Å². The fourth-order valence-electron chi connectivity index (χ4n) is 1.21. The van der Waals surface area contributed by atoms with E-state index in [2.05, 4.69) is 15.0 Å². The number of carbonyl (C=O) groups excluding carboxylic acids is 2. The van der Waals surface area contributed by atoms with Crippen LogP contribution in [0.1, 0.15) is 19.8 Å². The maximum absolute atomic E-state index is 11.6. The molecule has 0 spiro atoms. The monoisotopic (exact) mass is 259 g/mol. The molecule has 0 radical (unpaired) electrons. The third-order valence-corrected chi connectivity index (χ3v) is 2.22. The van der Waals surface area contributed by atoms with E-state index >= 15 is 0 Å². The lowest BCUT2D eigenvalue weighted by atomic mass is 10.1. The first kappa shape index (κ1) is 16.2. The highest BCUT2D eigenvalue weighted by molar-refractivity contribution is 5.87. The summed E-state index contributed by atoms with van der Waals surface area (Å²) in [6, 6.07) is -1.42. The maximum atomic E-state index is 11.6. The zero-order valence-corrected chi connectivity index (χ0v) is 10.7. The van der Waals surface area contributed by atoms with Crippen LogP contribution in [-0.2, 0) is 14.3 Å². The molecule has 0 fully saturated rings. The quantitative estimate of drug-likeness (QED) is 0.181. The molecule has 0 aromatic heterocycles. The van der Waals surface area contributed by atoms with E-state index < -0.39 is 24.0 Å². The molecule has 1 amide bonds. The first-order chi connectivity index (χ1) is 8.38. The lowest BCUT2D eigenvalue weighted by molar-refractivity contribution is -0.144. The van der Waals surface area contributed by atoms with Gasteiger partial charge >= 0.3 is 5.97 Å². The predicted octanol–water partition coefficient (Wildman–Crippen LogP) is -1.95. The third-order valence-electron chi connectivity index (χ3n) is 2.22. The topological polar surface area (TPSA) is 146 Å². The molecular formula is C10H21N5O3. The number of ether oxygens (including phenoxy) is 1. The van der Waals surface area contributed by atoms with Gasteiger partial charge in [0, 0.05) is 6.54 Å². The maximum Gasteiger partial charge on any atom is 0.328 e. The van der Waals surface area contributed by atoms with Gasteiger partial charge in [-0.3, -0.25) is 9.79 Å². The number of rotatable bonds is 7. The highest BCUT2D eigenvalue weighted by Crippen LogP contribution is 1.96. The first-order valence-corrected chi connectivity index (χ1v) is 5.57. The molecule has 0 unspecified atom stereocenters. The highest BCUT2D eigenvalue weighted by Gasteiger charge is 2.19. The van der Waals surface area contributed by atoms with Crippen molar-refractivity contribution < 1.29 is 14.3 Å².